The van der Waals surface area contributed by atoms with Gasteiger partial charge in [-0.3, -0.25) is 5.10 Å². The summed E-state index contributed by atoms with van der Waals surface area (Å²) in [6.45, 7) is 6.13. The summed E-state index contributed by atoms with van der Waals surface area (Å²) in [5, 5.41) is 18.3. The molecule has 0 saturated carbocycles. The zero-order valence-corrected chi connectivity index (χ0v) is 17.8. The monoisotopic (exact) mass is 432 g/mol. The Morgan fingerprint density at radius 1 is 1.25 bits per heavy atom. The molecule has 0 spiro atoms. The van der Waals surface area contributed by atoms with E-state index in [4.69, 9.17) is 11.6 Å². The van der Waals surface area contributed by atoms with E-state index in [0.29, 0.717) is 32.3 Å². The minimum atomic E-state index is 0.193. The van der Waals surface area contributed by atoms with Crippen molar-refractivity contribution in [2.24, 2.45) is 10.2 Å². The van der Waals surface area contributed by atoms with E-state index in [1.54, 1.807) is 16.4 Å². The number of nitrogens with one attached hydrogen (secondary N) is 1. The number of azo groups is 1. The lowest BCUT2D eigenvalue weighted by Crippen LogP contribution is -1.93. The van der Waals surface area contributed by atoms with Crippen LogP contribution in [0.1, 0.15) is 32.5 Å². The largest absolute Gasteiger partial charge is 0.273 e. The number of thioether (sulfide) groups is 1. The van der Waals surface area contributed by atoms with Gasteiger partial charge in [-0.1, -0.05) is 62.3 Å². The Morgan fingerprint density at radius 2 is 2.07 bits per heavy atom. The molecule has 0 aliphatic carbocycles. The minimum absolute atomic E-state index is 0.193. The number of aromatic nitrogens is 6. The molecule has 0 saturated heterocycles. The van der Waals surface area contributed by atoms with Gasteiger partial charge in [0.15, 0.2) is 11.5 Å². The summed E-state index contributed by atoms with van der Waals surface area (Å²) in [6.07, 6.45) is 0. The maximum atomic E-state index is 6.40. The highest BCUT2D eigenvalue weighted by Gasteiger charge is 2.20. The van der Waals surface area contributed by atoms with E-state index >= 15 is 0 Å². The molecule has 0 bridgehead atoms. The Morgan fingerprint density at radius 3 is 2.82 bits per heavy atom. The number of hydrogen-bond donors (Lipinski definition) is 1. The molecule has 1 aromatic carbocycles. The van der Waals surface area contributed by atoms with E-state index in [1.165, 1.54) is 11.5 Å². The van der Waals surface area contributed by atoms with Gasteiger partial charge in [-0.05, 0) is 11.8 Å². The van der Waals surface area contributed by atoms with Gasteiger partial charge in [-0.15, -0.1) is 15.3 Å². The molecule has 11 heteroatoms. The summed E-state index contributed by atoms with van der Waals surface area (Å²) in [6, 6.07) is 7.53. The van der Waals surface area contributed by atoms with Crippen LogP contribution in [0, 0.1) is 0 Å². The van der Waals surface area contributed by atoms with Crippen molar-refractivity contribution >= 4 is 51.4 Å². The fraction of sp³-hybridized carbons (Fsp3) is 0.294. The van der Waals surface area contributed by atoms with Gasteiger partial charge in [0.1, 0.15) is 0 Å². The fourth-order valence-corrected chi connectivity index (χ4v) is 3.97. The first-order chi connectivity index (χ1) is 13.6. The van der Waals surface area contributed by atoms with Gasteiger partial charge in [0.2, 0.25) is 15.9 Å². The molecule has 0 unspecified atom stereocenters. The van der Waals surface area contributed by atoms with Crippen molar-refractivity contribution in [2.75, 3.05) is 5.75 Å². The smallest absolute Gasteiger partial charge is 0.250 e. The third-order valence-corrected chi connectivity index (χ3v) is 5.63. The van der Waals surface area contributed by atoms with Gasteiger partial charge >= 0.3 is 0 Å². The minimum Gasteiger partial charge on any atom is -0.273 e. The molecular formula is C17H17ClN8S2. The first kappa shape index (κ1) is 19.0. The zero-order chi connectivity index (χ0) is 19.7. The Labute approximate surface area is 174 Å². The van der Waals surface area contributed by atoms with Crippen LogP contribution in [0.5, 0.6) is 0 Å². The van der Waals surface area contributed by atoms with Gasteiger partial charge in [0.05, 0.1) is 10.7 Å². The second-order valence-electron chi connectivity index (χ2n) is 6.17. The Bertz CT molecular complexity index is 1140. The molecule has 0 fully saturated rings. The zero-order valence-electron chi connectivity index (χ0n) is 15.4. The summed E-state index contributed by atoms with van der Waals surface area (Å²) in [4.78, 5) is 8.99. The average Bonchev–Trinajstić information content (AvgIpc) is 3.35. The summed E-state index contributed by atoms with van der Waals surface area (Å²) in [5.74, 6) is 1.82. The summed E-state index contributed by atoms with van der Waals surface area (Å²) in [5.41, 5.74) is 2.66. The highest BCUT2D eigenvalue weighted by molar-refractivity contribution is 7.99. The molecule has 8 nitrogen and oxygen atoms in total. The predicted octanol–water partition coefficient (Wildman–Crippen LogP) is 5.88. The van der Waals surface area contributed by atoms with Crippen LogP contribution < -0.4 is 0 Å². The Balaban J connectivity index is 1.82. The number of benzene rings is 1. The van der Waals surface area contributed by atoms with Crippen LogP contribution in [0.4, 0.5) is 10.8 Å². The molecule has 0 aliphatic rings. The van der Waals surface area contributed by atoms with Crippen molar-refractivity contribution in [3.05, 3.63) is 35.1 Å². The first-order valence-electron chi connectivity index (χ1n) is 8.68. The van der Waals surface area contributed by atoms with Crippen LogP contribution >= 0.6 is 34.9 Å². The quantitative estimate of drug-likeness (QED) is 0.303. The molecule has 144 valence electrons. The van der Waals surface area contributed by atoms with Crippen LogP contribution in [0.25, 0.3) is 16.9 Å². The van der Waals surface area contributed by atoms with Crippen molar-refractivity contribution in [1.29, 1.82) is 0 Å². The second kappa shape index (κ2) is 7.98. The van der Waals surface area contributed by atoms with Gasteiger partial charge in [0.25, 0.3) is 0 Å². The SMILES string of the molecule is CCSc1nsc(N=Nc2c(-c3ccccc3Cl)[nH]n3nc(C(C)C)nc23)n1. The third-order valence-electron chi connectivity index (χ3n) is 3.86. The van der Waals surface area contributed by atoms with E-state index in [-0.39, 0.29) is 5.92 Å². The van der Waals surface area contributed by atoms with Crippen LogP contribution in [0.3, 0.4) is 0 Å². The molecule has 0 atom stereocenters. The number of aromatic amines is 1. The Hall–Kier alpha value is -2.30. The molecule has 4 aromatic rings. The predicted molar refractivity (Wildman–Crippen MR) is 112 cm³/mol. The lowest BCUT2D eigenvalue weighted by molar-refractivity contribution is 0.731. The summed E-state index contributed by atoms with van der Waals surface area (Å²) in [7, 11) is 0. The van der Waals surface area contributed by atoms with E-state index in [0.717, 1.165) is 17.1 Å². The number of fused-ring (bicyclic) bond motifs is 1. The van der Waals surface area contributed by atoms with Gasteiger partial charge in [-0.2, -0.15) is 14.0 Å². The molecule has 0 radical (unpaired) electrons. The summed E-state index contributed by atoms with van der Waals surface area (Å²) >= 11 is 9.17. The van der Waals surface area contributed by atoms with Crippen LogP contribution in [0.2, 0.25) is 5.02 Å². The topological polar surface area (TPSA) is 96.5 Å². The number of hydrogen-bond acceptors (Lipinski definition) is 8. The molecule has 0 amide bonds. The molecule has 0 aliphatic heterocycles. The van der Waals surface area contributed by atoms with Crippen LogP contribution in [-0.2, 0) is 0 Å². The van der Waals surface area contributed by atoms with Gasteiger partial charge in [0, 0.05) is 23.0 Å². The van der Waals surface area contributed by atoms with Gasteiger partial charge in [-0.25, -0.2) is 4.98 Å². The van der Waals surface area contributed by atoms with Crippen LogP contribution in [0.15, 0.2) is 39.7 Å². The molecule has 3 aromatic heterocycles. The highest BCUT2D eigenvalue weighted by Crippen LogP contribution is 2.37. The Kier molecular flexibility index (Phi) is 5.42. The molecule has 3 heterocycles. The number of H-pyrrole nitrogens is 1. The average molecular weight is 433 g/mol. The maximum absolute atomic E-state index is 6.40. The molecule has 28 heavy (non-hydrogen) atoms. The van der Waals surface area contributed by atoms with E-state index < -0.39 is 0 Å². The van der Waals surface area contributed by atoms with Crippen molar-refractivity contribution in [1.82, 2.24) is 29.2 Å². The summed E-state index contributed by atoms with van der Waals surface area (Å²) < 4.78 is 5.88. The van der Waals surface area contributed by atoms with Crippen molar-refractivity contribution < 1.29 is 0 Å². The van der Waals surface area contributed by atoms with E-state index in [2.05, 4.69) is 41.7 Å². The molecule has 1 N–H and O–H groups in total. The van der Waals surface area contributed by atoms with Gasteiger partial charge < -0.3 is 0 Å². The lowest BCUT2D eigenvalue weighted by atomic mass is 10.1. The lowest BCUT2D eigenvalue weighted by Gasteiger charge is -2.02. The van der Waals surface area contributed by atoms with Crippen molar-refractivity contribution in [3.8, 4) is 11.3 Å². The van der Waals surface area contributed by atoms with E-state index in [9.17, 15) is 0 Å². The molecule has 4 rings (SSSR count). The fourth-order valence-electron chi connectivity index (χ4n) is 2.54. The number of rotatable bonds is 6. The van der Waals surface area contributed by atoms with Crippen molar-refractivity contribution in [3.63, 3.8) is 0 Å². The number of nitrogens with zero attached hydrogens (tertiary/aromatic N) is 7. The third kappa shape index (κ3) is 3.67. The van der Waals surface area contributed by atoms with E-state index in [1.807, 2.05) is 38.1 Å². The second-order valence-corrected chi connectivity index (χ2v) is 8.54. The normalized spacial score (nSPS) is 12.0. The highest BCUT2D eigenvalue weighted by atomic mass is 35.5. The van der Waals surface area contributed by atoms with Crippen LogP contribution in [-0.4, -0.2) is 34.9 Å². The standard InChI is InChI=1S/C17H17ClN8S2/c1-4-27-17-20-16(28-25-17)22-21-13-12(10-7-5-6-8-11(10)18)23-26-15(13)19-14(24-26)9(2)3/h5-9,23H,4H2,1-3H3. The maximum Gasteiger partial charge on any atom is 0.250 e. The van der Waals surface area contributed by atoms with Crippen molar-refractivity contribution in [2.45, 2.75) is 31.8 Å². The molecular weight excluding hydrogens is 416 g/mol. The first-order valence-corrected chi connectivity index (χ1v) is 10.8. The number of halogens is 1.